The van der Waals surface area contributed by atoms with E-state index in [4.69, 9.17) is 11.6 Å². The summed E-state index contributed by atoms with van der Waals surface area (Å²) in [5, 5.41) is 4.20. The average molecular weight is 315 g/mol. The highest BCUT2D eigenvalue weighted by atomic mass is 79.9. The molecule has 0 bridgehead atoms. The van der Waals surface area contributed by atoms with Gasteiger partial charge in [-0.15, -0.1) is 0 Å². The molecular formula is C14H17BrClN. The molecule has 0 aliphatic heterocycles. The highest BCUT2D eigenvalue weighted by Gasteiger charge is 2.19. The van der Waals surface area contributed by atoms with Crippen LogP contribution in [-0.2, 0) is 0 Å². The smallest absolute Gasteiger partial charge is 0.0599 e. The first kappa shape index (κ1) is 13.1. The summed E-state index contributed by atoms with van der Waals surface area (Å²) < 4.78 is 0.966. The van der Waals surface area contributed by atoms with Crippen molar-refractivity contribution in [1.29, 1.82) is 0 Å². The lowest BCUT2D eigenvalue weighted by molar-refractivity contribution is 0.593. The van der Waals surface area contributed by atoms with Crippen LogP contribution < -0.4 is 5.32 Å². The topological polar surface area (TPSA) is 12.0 Å². The van der Waals surface area contributed by atoms with Crippen LogP contribution in [0.5, 0.6) is 0 Å². The van der Waals surface area contributed by atoms with Gasteiger partial charge >= 0.3 is 0 Å². The van der Waals surface area contributed by atoms with Gasteiger partial charge in [0.05, 0.1) is 11.1 Å². The second kappa shape index (κ2) is 6.03. The van der Waals surface area contributed by atoms with E-state index in [1.807, 2.05) is 19.2 Å². The van der Waals surface area contributed by atoms with Gasteiger partial charge in [-0.1, -0.05) is 35.4 Å². The van der Waals surface area contributed by atoms with Crippen LogP contribution in [0, 0.1) is 0 Å². The SMILES string of the molecule is CNC(C1=CCCCC1)c1cccc(Br)c1Cl. The van der Waals surface area contributed by atoms with Crippen LogP contribution in [-0.4, -0.2) is 7.05 Å². The van der Waals surface area contributed by atoms with Gasteiger partial charge in [0, 0.05) is 4.47 Å². The van der Waals surface area contributed by atoms with Gasteiger partial charge in [-0.25, -0.2) is 0 Å². The Balaban J connectivity index is 2.34. The molecule has 3 heteroatoms. The molecule has 0 heterocycles. The van der Waals surface area contributed by atoms with Crippen molar-refractivity contribution in [1.82, 2.24) is 5.32 Å². The molecule has 1 atom stereocenters. The van der Waals surface area contributed by atoms with E-state index in [1.165, 1.54) is 31.3 Å². The normalized spacial score (nSPS) is 17.7. The van der Waals surface area contributed by atoms with Gasteiger partial charge in [-0.2, -0.15) is 0 Å². The Morgan fingerprint density at radius 2 is 2.18 bits per heavy atom. The molecule has 92 valence electrons. The van der Waals surface area contributed by atoms with Crippen LogP contribution in [0.25, 0.3) is 0 Å². The maximum atomic E-state index is 6.37. The average Bonchev–Trinajstić information content (AvgIpc) is 2.37. The number of likely N-dealkylation sites (N-methyl/N-ethyl adjacent to an activating group) is 1. The summed E-state index contributed by atoms with van der Waals surface area (Å²) in [7, 11) is 2.00. The maximum Gasteiger partial charge on any atom is 0.0599 e. The van der Waals surface area contributed by atoms with Crippen molar-refractivity contribution < 1.29 is 0 Å². The van der Waals surface area contributed by atoms with E-state index < -0.39 is 0 Å². The molecule has 1 aromatic carbocycles. The highest BCUT2D eigenvalue weighted by Crippen LogP contribution is 2.36. The Bertz CT molecular complexity index is 428. The second-order valence-electron chi connectivity index (χ2n) is 4.39. The van der Waals surface area contributed by atoms with Crippen LogP contribution >= 0.6 is 27.5 Å². The molecule has 1 N–H and O–H groups in total. The summed E-state index contributed by atoms with van der Waals surface area (Å²) in [5.41, 5.74) is 2.63. The van der Waals surface area contributed by atoms with E-state index in [2.05, 4.69) is 33.4 Å². The Morgan fingerprint density at radius 1 is 1.35 bits per heavy atom. The molecule has 0 aromatic heterocycles. The molecule has 0 saturated heterocycles. The Hall–Kier alpha value is -0.310. The summed E-state index contributed by atoms with van der Waals surface area (Å²) >= 11 is 9.86. The van der Waals surface area contributed by atoms with E-state index in [9.17, 15) is 0 Å². The fraction of sp³-hybridized carbons (Fsp3) is 0.429. The molecule has 1 aliphatic rings. The standard InChI is InChI=1S/C14H17BrClN/c1-17-14(10-6-3-2-4-7-10)11-8-5-9-12(15)13(11)16/h5-6,8-9,14,17H,2-4,7H2,1H3. The second-order valence-corrected chi connectivity index (χ2v) is 5.62. The lowest BCUT2D eigenvalue weighted by atomic mass is 9.90. The quantitative estimate of drug-likeness (QED) is 0.785. The number of nitrogens with one attached hydrogen (secondary N) is 1. The predicted molar refractivity (Wildman–Crippen MR) is 77.5 cm³/mol. The van der Waals surface area contributed by atoms with Crippen molar-refractivity contribution >= 4 is 27.5 Å². The molecule has 0 saturated carbocycles. The van der Waals surface area contributed by atoms with Crippen LogP contribution in [0.15, 0.2) is 34.3 Å². The summed E-state index contributed by atoms with van der Waals surface area (Å²) in [6.45, 7) is 0. The number of benzene rings is 1. The van der Waals surface area contributed by atoms with Crippen molar-refractivity contribution in [2.24, 2.45) is 0 Å². The van der Waals surface area contributed by atoms with Crippen molar-refractivity contribution in [3.05, 3.63) is 44.9 Å². The van der Waals surface area contributed by atoms with Crippen LogP contribution in [0.3, 0.4) is 0 Å². The molecule has 1 unspecified atom stereocenters. The third-order valence-electron chi connectivity index (χ3n) is 3.28. The molecule has 1 aromatic rings. The zero-order valence-corrected chi connectivity index (χ0v) is 12.3. The van der Waals surface area contributed by atoms with Gasteiger partial charge in [0.15, 0.2) is 0 Å². The minimum atomic E-state index is 0.250. The minimum Gasteiger partial charge on any atom is -0.310 e. The van der Waals surface area contributed by atoms with Crippen LogP contribution in [0.1, 0.15) is 37.3 Å². The van der Waals surface area contributed by atoms with Gasteiger partial charge < -0.3 is 5.32 Å². The Morgan fingerprint density at radius 3 is 2.82 bits per heavy atom. The molecule has 0 radical (unpaired) electrons. The van der Waals surface area contributed by atoms with Crippen LogP contribution in [0.2, 0.25) is 5.02 Å². The van der Waals surface area contributed by atoms with Crippen molar-refractivity contribution in [2.75, 3.05) is 7.05 Å². The molecule has 0 amide bonds. The van der Waals surface area contributed by atoms with Gasteiger partial charge in [0.1, 0.15) is 0 Å². The van der Waals surface area contributed by atoms with Gasteiger partial charge in [-0.3, -0.25) is 0 Å². The fourth-order valence-electron chi connectivity index (χ4n) is 2.41. The molecule has 2 rings (SSSR count). The van der Waals surface area contributed by atoms with Crippen molar-refractivity contribution in [2.45, 2.75) is 31.7 Å². The van der Waals surface area contributed by atoms with E-state index in [0.29, 0.717) is 0 Å². The highest BCUT2D eigenvalue weighted by molar-refractivity contribution is 9.10. The summed E-state index contributed by atoms with van der Waals surface area (Å²) in [5.74, 6) is 0. The first-order chi connectivity index (χ1) is 8.24. The summed E-state index contributed by atoms with van der Waals surface area (Å²) in [6.07, 6.45) is 7.33. The predicted octanol–water partition coefficient (Wildman–Crippen LogP) is 4.86. The minimum absolute atomic E-state index is 0.250. The fourth-order valence-corrected chi connectivity index (χ4v) is 3.03. The van der Waals surface area contributed by atoms with Crippen molar-refractivity contribution in [3.8, 4) is 0 Å². The van der Waals surface area contributed by atoms with E-state index >= 15 is 0 Å². The Kier molecular flexibility index (Phi) is 4.66. The largest absolute Gasteiger partial charge is 0.310 e. The summed E-state index contributed by atoms with van der Waals surface area (Å²) in [4.78, 5) is 0. The molecular weight excluding hydrogens is 298 g/mol. The molecule has 1 nitrogen and oxygen atoms in total. The molecule has 0 spiro atoms. The zero-order valence-electron chi connectivity index (χ0n) is 9.97. The molecule has 0 fully saturated rings. The Labute approximate surface area is 116 Å². The number of hydrogen-bond acceptors (Lipinski definition) is 1. The molecule has 17 heavy (non-hydrogen) atoms. The lowest BCUT2D eigenvalue weighted by Gasteiger charge is -2.24. The van der Waals surface area contributed by atoms with E-state index in [1.54, 1.807) is 0 Å². The lowest BCUT2D eigenvalue weighted by Crippen LogP contribution is -2.20. The third kappa shape index (κ3) is 2.93. The zero-order chi connectivity index (χ0) is 12.3. The van der Waals surface area contributed by atoms with E-state index in [-0.39, 0.29) is 6.04 Å². The van der Waals surface area contributed by atoms with Crippen LogP contribution in [0.4, 0.5) is 0 Å². The number of allylic oxidation sites excluding steroid dienone is 1. The van der Waals surface area contributed by atoms with Gasteiger partial charge in [0.2, 0.25) is 0 Å². The van der Waals surface area contributed by atoms with E-state index in [0.717, 1.165) is 15.1 Å². The van der Waals surface area contributed by atoms with Gasteiger partial charge in [0.25, 0.3) is 0 Å². The molecule has 1 aliphatic carbocycles. The first-order valence-electron chi connectivity index (χ1n) is 6.04. The third-order valence-corrected chi connectivity index (χ3v) is 4.59. The number of halogens is 2. The van der Waals surface area contributed by atoms with Gasteiger partial charge in [-0.05, 0) is 60.3 Å². The number of hydrogen-bond donors (Lipinski definition) is 1. The summed E-state index contributed by atoms with van der Waals surface area (Å²) in [6, 6.07) is 6.37. The maximum absolute atomic E-state index is 6.37. The monoisotopic (exact) mass is 313 g/mol. The van der Waals surface area contributed by atoms with Crippen molar-refractivity contribution in [3.63, 3.8) is 0 Å². The number of rotatable bonds is 3. The first-order valence-corrected chi connectivity index (χ1v) is 7.21.